The summed E-state index contributed by atoms with van der Waals surface area (Å²) >= 11 is 0. The van der Waals surface area contributed by atoms with Gasteiger partial charge < -0.3 is 0 Å². The molecular weight excluding hydrogens is 184 g/mol. The first-order valence-corrected chi connectivity index (χ1v) is 5.16. The number of aromatic nitrogens is 2. The molecule has 1 N–H and O–H groups in total. The summed E-state index contributed by atoms with van der Waals surface area (Å²) in [4.78, 5) is 0. The van der Waals surface area contributed by atoms with Crippen molar-refractivity contribution in [2.75, 3.05) is 0 Å². The zero-order valence-electron chi connectivity index (χ0n) is 9.09. The van der Waals surface area contributed by atoms with Gasteiger partial charge in [-0.2, -0.15) is 5.10 Å². The Morgan fingerprint density at radius 3 is 2.87 bits per heavy atom. The van der Waals surface area contributed by atoms with Gasteiger partial charge in [-0.15, -0.1) is 6.42 Å². The lowest BCUT2D eigenvalue weighted by atomic mass is 9.85. The second-order valence-corrected chi connectivity index (χ2v) is 4.47. The van der Waals surface area contributed by atoms with E-state index in [-0.39, 0.29) is 5.41 Å². The summed E-state index contributed by atoms with van der Waals surface area (Å²) in [5, 5.41) is 6.78. The zero-order valence-corrected chi connectivity index (χ0v) is 9.09. The highest BCUT2D eigenvalue weighted by Crippen LogP contribution is 2.29. The number of nitrogens with one attached hydrogen (secondary N) is 1. The number of H-pyrrole nitrogens is 1. The molecule has 0 unspecified atom stereocenters. The van der Waals surface area contributed by atoms with Gasteiger partial charge in [-0.1, -0.05) is 17.8 Å². The van der Waals surface area contributed by atoms with E-state index in [0.717, 1.165) is 11.3 Å². The Kier molecular flexibility index (Phi) is 2.29. The van der Waals surface area contributed by atoms with Crippen LogP contribution in [0.4, 0.5) is 0 Å². The Morgan fingerprint density at radius 2 is 2.27 bits per heavy atom. The molecule has 1 aromatic rings. The van der Waals surface area contributed by atoms with E-state index in [1.807, 2.05) is 0 Å². The van der Waals surface area contributed by atoms with E-state index in [1.165, 1.54) is 12.8 Å². The molecular formula is C13H14N2. The molecule has 0 aliphatic heterocycles. The van der Waals surface area contributed by atoms with Crippen molar-refractivity contribution in [2.45, 2.75) is 32.1 Å². The van der Waals surface area contributed by atoms with Crippen molar-refractivity contribution in [1.82, 2.24) is 10.2 Å². The molecule has 2 heteroatoms. The smallest absolute Gasteiger partial charge is 0.112 e. The summed E-state index contributed by atoms with van der Waals surface area (Å²) in [7, 11) is 0. The van der Waals surface area contributed by atoms with Crippen molar-refractivity contribution < 1.29 is 0 Å². The molecule has 1 fully saturated rings. The molecule has 0 atom stereocenters. The number of nitrogens with zero attached hydrogens (tertiary/aromatic N) is 1. The third kappa shape index (κ3) is 2.05. The van der Waals surface area contributed by atoms with E-state index in [4.69, 9.17) is 6.42 Å². The van der Waals surface area contributed by atoms with Crippen molar-refractivity contribution in [2.24, 2.45) is 5.92 Å². The summed E-state index contributed by atoms with van der Waals surface area (Å²) in [6.07, 6.45) is 9.66. The molecule has 0 spiro atoms. The molecule has 2 rings (SSSR count). The van der Waals surface area contributed by atoms with Crippen LogP contribution in [0.15, 0.2) is 6.20 Å². The topological polar surface area (TPSA) is 28.7 Å². The lowest BCUT2D eigenvalue weighted by Crippen LogP contribution is -2.15. The lowest BCUT2D eigenvalue weighted by molar-refractivity contribution is 0.695. The Morgan fingerprint density at radius 1 is 1.53 bits per heavy atom. The van der Waals surface area contributed by atoms with Crippen molar-refractivity contribution in [3.8, 4) is 24.2 Å². The molecule has 15 heavy (non-hydrogen) atoms. The minimum atomic E-state index is -0.211. The van der Waals surface area contributed by atoms with Gasteiger partial charge in [0.15, 0.2) is 0 Å². The third-order valence-corrected chi connectivity index (χ3v) is 2.62. The van der Waals surface area contributed by atoms with Crippen LogP contribution >= 0.6 is 0 Å². The summed E-state index contributed by atoms with van der Waals surface area (Å²) in [5.74, 6) is 9.78. The molecule has 1 aliphatic rings. The van der Waals surface area contributed by atoms with Crippen molar-refractivity contribution in [3.63, 3.8) is 0 Å². The van der Waals surface area contributed by atoms with Crippen molar-refractivity contribution in [3.05, 3.63) is 17.5 Å². The highest BCUT2D eigenvalue weighted by Gasteiger charge is 2.24. The maximum Gasteiger partial charge on any atom is 0.112 e. The predicted molar refractivity (Wildman–Crippen MR) is 60.0 cm³/mol. The van der Waals surface area contributed by atoms with E-state index in [9.17, 15) is 0 Å². The molecule has 76 valence electrons. The quantitative estimate of drug-likeness (QED) is 0.688. The molecule has 0 radical (unpaired) electrons. The minimum Gasteiger partial charge on any atom is -0.270 e. The fourth-order valence-electron chi connectivity index (χ4n) is 1.45. The number of hydrogen-bond acceptors (Lipinski definition) is 1. The first-order chi connectivity index (χ1) is 7.13. The van der Waals surface area contributed by atoms with Crippen molar-refractivity contribution in [1.29, 1.82) is 0 Å². The average Bonchev–Trinajstić information content (AvgIpc) is 2.90. The van der Waals surface area contributed by atoms with Gasteiger partial charge in [-0.3, -0.25) is 5.10 Å². The number of terminal acetylenes is 1. The zero-order chi connectivity index (χ0) is 10.9. The average molecular weight is 198 g/mol. The Balaban J connectivity index is 2.29. The van der Waals surface area contributed by atoms with Crippen LogP contribution in [0.1, 0.15) is 37.9 Å². The van der Waals surface area contributed by atoms with Crippen LogP contribution in [0.5, 0.6) is 0 Å². The largest absolute Gasteiger partial charge is 0.270 e. The fraction of sp³-hybridized carbons (Fsp3) is 0.462. The Labute approximate surface area is 90.5 Å². The molecule has 0 amide bonds. The van der Waals surface area contributed by atoms with Gasteiger partial charge in [0.05, 0.1) is 11.6 Å². The summed E-state index contributed by atoms with van der Waals surface area (Å²) in [6.45, 7) is 4.15. The standard InChI is InChI=1S/C13H14N2/c1-4-12-11(9-14-15-12)13(2,3)8-7-10-5-6-10/h1,9-10H,5-6H2,2-3H3,(H,14,15). The normalized spacial score (nSPS) is 15.3. The molecule has 1 aliphatic carbocycles. The third-order valence-electron chi connectivity index (χ3n) is 2.62. The van der Waals surface area contributed by atoms with Crippen LogP contribution in [0, 0.1) is 30.1 Å². The summed E-state index contributed by atoms with van der Waals surface area (Å²) < 4.78 is 0. The first kappa shape index (κ1) is 9.87. The Bertz CT molecular complexity index is 459. The molecule has 0 bridgehead atoms. The first-order valence-electron chi connectivity index (χ1n) is 5.16. The summed E-state index contributed by atoms with van der Waals surface area (Å²) in [5.41, 5.74) is 1.54. The molecule has 0 aromatic carbocycles. The van der Waals surface area contributed by atoms with Gasteiger partial charge >= 0.3 is 0 Å². The van der Waals surface area contributed by atoms with E-state index >= 15 is 0 Å². The van der Waals surface area contributed by atoms with Crippen LogP contribution in [0.25, 0.3) is 0 Å². The highest BCUT2D eigenvalue weighted by atomic mass is 15.1. The lowest BCUT2D eigenvalue weighted by Gasteiger charge is -2.15. The molecule has 1 heterocycles. The van der Waals surface area contributed by atoms with Crippen LogP contribution in [-0.2, 0) is 5.41 Å². The van der Waals surface area contributed by atoms with Gasteiger partial charge in [-0.05, 0) is 26.7 Å². The highest BCUT2D eigenvalue weighted by molar-refractivity contribution is 5.42. The predicted octanol–water partition coefficient (Wildman–Crippen LogP) is 2.08. The van der Waals surface area contributed by atoms with Crippen LogP contribution in [0.3, 0.4) is 0 Å². The van der Waals surface area contributed by atoms with Crippen LogP contribution in [-0.4, -0.2) is 10.2 Å². The van der Waals surface area contributed by atoms with E-state index in [1.54, 1.807) is 6.20 Å². The number of aromatic amines is 1. The SMILES string of the molecule is C#Cc1[nH]ncc1C(C)(C)C#CC1CC1. The Hall–Kier alpha value is -1.67. The fourth-order valence-corrected chi connectivity index (χ4v) is 1.45. The van der Waals surface area contributed by atoms with Gasteiger partial charge in [-0.25, -0.2) is 0 Å². The van der Waals surface area contributed by atoms with Crippen molar-refractivity contribution >= 4 is 0 Å². The van der Waals surface area contributed by atoms with E-state index in [2.05, 4.69) is 41.8 Å². The molecule has 1 saturated carbocycles. The van der Waals surface area contributed by atoms with Crippen LogP contribution < -0.4 is 0 Å². The molecule has 1 aromatic heterocycles. The second kappa shape index (κ2) is 3.48. The number of rotatable bonds is 1. The van der Waals surface area contributed by atoms with E-state index in [0.29, 0.717) is 5.92 Å². The van der Waals surface area contributed by atoms with Gasteiger partial charge in [0, 0.05) is 11.5 Å². The minimum absolute atomic E-state index is 0.211. The van der Waals surface area contributed by atoms with Gasteiger partial charge in [0.25, 0.3) is 0 Å². The maximum absolute atomic E-state index is 5.39. The van der Waals surface area contributed by atoms with Crippen LogP contribution in [0.2, 0.25) is 0 Å². The number of hydrogen-bond donors (Lipinski definition) is 1. The monoisotopic (exact) mass is 198 g/mol. The molecule has 0 saturated heterocycles. The second-order valence-electron chi connectivity index (χ2n) is 4.47. The van der Waals surface area contributed by atoms with Gasteiger partial charge in [0.1, 0.15) is 5.69 Å². The summed E-state index contributed by atoms with van der Waals surface area (Å²) in [6, 6.07) is 0. The molecule has 2 nitrogen and oxygen atoms in total. The van der Waals surface area contributed by atoms with E-state index < -0.39 is 0 Å². The van der Waals surface area contributed by atoms with Gasteiger partial charge in [0.2, 0.25) is 0 Å². The maximum atomic E-state index is 5.39.